The number of nitro benzene ring substituents is 1. The molecule has 0 N–H and O–H groups in total. The summed E-state index contributed by atoms with van der Waals surface area (Å²) in [5.74, 6) is 0.635. The summed E-state index contributed by atoms with van der Waals surface area (Å²) in [6.45, 7) is 1.97. The van der Waals surface area contributed by atoms with Crippen LogP contribution in [0.4, 0.5) is 5.69 Å². The lowest BCUT2D eigenvalue weighted by Gasteiger charge is -2.18. The van der Waals surface area contributed by atoms with Crippen LogP contribution in [0.25, 0.3) is 0 Å². The van der Waals surface area contributed by atoms with Crippen molar-refractivity contribution < 1.29 is 9.13 Å². The Morgan fingerprint density at radius 2 is 1.70 bits per heavy atom. The van der Waals surface area contributed by atoms with E-state index in [0.717, 1.165) is 5.56 Å². The smallest absolute Gasteiger partial charge is 0.258 e. The van der Waals surface area contributed by atoms with Crippen molar-refractivity contribution in [3.63, 3.8) is 0 Å². The van der Waals surface area contributed by atoms with Crippen LogP contribution in [0, 0.1) is 47.5 Å². The maximum absolute atomic E-state index is 12.8. The van der Waals surface area contributed by atoms with Crippen molar-refractivity contribution in [1.82, 2.24) is 0 Å². The quantitative estimate of drug-likeness (QED) is 0.635. The normalized spacial score (nSPS) is 17.3. The van der Waals surface area contributed by atoms with E-state index in [4.69, 9.17) is 0 Å². The molecule has 0 amide bonds. The van der Waals surface area contributed by atoms with E-state index in [-0.39, 0.29) is 5.69 Å². The predicted molar refractivity (Wildman–Crippen MR) is 89.2 cm³/mol. The Balaban J connectivity index is 1.93. The summed E-state index contributed by atoms with van der Waals surface area (Å²) >= 11 is 0. The van der Waals surface area contributed by atoms with E-state index in [1.54, 1.807) is 37.5 Å². The zero-order valence-corrected chi connectivity index (χ0v) is 13.2. The van der Waals surface area contributed by atoms with Crippen LogP contribution in [0.15, 0.2) is 53.4 Å². The van der Waals surface area contributed by atoms with Gasteiger partial charge in [-0.05, 0) is 38.3 Å². The molecule has 0 bridgehead atoms. The van der Waals surface area contributed by atoms with E-state index in [2.05, 4.69) is 0 Å². The van der Waals surface area contributed by atoms with E-state index in [1.165, 1.54) is 6.07 Å². The molecule has 0 saturated heterocycles. The third kappa shape index (κ3) is 3.20. The van der Waals surface area contributed by atoms with Crippen LogP contribution in [0.2, 0.25) is 0 Å². The van der Waals surface area contributed by atoms with Gasteiger partial charge < -0.3 is 0 Å². The molecule has 1 aliphatic rings. The first kappa shape index (κ1) is 15.9. The third-order valence-corrected chi connectivity index (χ3v) is 5.06. The SMILES string of the molecule is Cc1ccc([S@@](=O)[C]2[CH][CH][CH][C]2c2ccccc2[N+](=O)[O-])cc1. The highest BCUT2D eigenvalue weighted by Crippen LogP contribution is 2.44. The monoisotopic (exact) mass is 324 g/mol. The molecule has 3 rings (SSSR count). The fourth-order valence-corrected chi connectivity index (χ4v) is 3.65. The van der Waals surface area contributed by atoms with Crippen LogP contribution in [0.5, 0.6) is 0 Å². The lowest BCUT2D eigenvalue weighted by atomic mass is 9.96. The van der Waals surface area contributed by atoms with E-state index in [0.29, 0.717) is 21.6 Å². The van der Waals surface area contributed by atoms with Gasteiger partial charge in [0.1, 0.15) is 0 Å². The molecule has 1 aliphatic carbocycles. The standard InChI is InChI=1S/C18H14NO3S/c1-13-9-11-14(12-10-13)23(22)18-8-4-6-16(18)15-5-2-3-7-17(15)19(20)21/h2-12H,1H3/t23-/m1/s1. The van der Waals surface area contributed by atoms with E-state index in [1.807, 2.05) is 31.2 Å². The van der Waals surface area contributed by atoms with Gasteiger partial charge in [0.2, 0.25) is 0 Å². The summed E-state index contributed by atoms with van der Waals surface area (Å²) in [4.78, 5) is 11.5. The van der Waals surface area contributed by atoms with Crippen molar-refractivity contribution >= 4 is 16.5 Å². The van der Waals surface area contributed by atoms with Crippen LogP contribution in [-0.4, -0.2) is 9.13 Å². The van der Waals surface area contributed by atoms with Gasteiger partial charge in [0.05, 0.1) is 21.0 Å². The molecule has 2 aromatic carbocycles. The van der Waals surface area contributed by atoms with E-state index in [9.17, 15) is 14.3 Å². The molecule has 1 saturated carbocycles. The van der Waals surface area contributed by atoms with Gasteiger partial charge in [-0.1, -0.05) is 35.9 Å². The van der Waals surface area contributed by atoms with Gasteiger partial charge in [-0.2, -0.15) is 0 Å². The Kier molecular flexibility index (Phi) is 4.57. The average Bonchev–Trinajstić information content (AvgIpc) is 3.04. The van der Waals surface area contributed by atoms with Gasteiger partial charge in [-0.15, -0.1) is 0 Å². The summed E-state index contributed by atoms with van der Waals surface area (Å²) in [5, 5.41) is 11.8. The second kappa shape index (κ2) is 6.62. The Hall–Kier alpha value is -2.01. The molecule has 115 valence electrons. The van der Waals surface area contributed by atoms with Crippen molar-refractivity contribution in [2.24, 2.45) is 0 Å². The summed E-state index contributed by atoms with van der Waals surface area (Å²) in [6, 6.07) is 14.0. The zero-order valence-electron chi connectivity index (χ0n) is 12.4. The maximum Gasteiger partial charge on any atom is 0.273 e. The zero-order chi connectivity index (χ0) is 16.4. The molecule has 1 fully saturated rings. The molecular weight excluding hydrogens is 310 g/mol. The summed E-state index contributed by atoms with van der Waals surface area (Å²) in [7, 11) is -1.38. The Labute approximate surface area is 138 Å². The van der Waals surface area contributed by atoms with Gasteiger partial charge in [0.25, 0.3) is 5.69 Å². The minimum absolute atomic E-state index is 0.0147. The molecule has 2 aromatic rings. The molecule has 0 heterocycles. The highest BCUT2D eigenvalue weighted by atomic mass is 32.2. The Morgan fingerprint density at radius 1 is 1.00 bits per heavy atom. The lowest BCUT2D eigenvalue weighted by molar-refractivity contribution is -0.385. The number of para-hydroxylation sites is 1. The lowest BCUT2D eigenvalue weighted by Crippen LogP contribution is -2.13. The van der Waals surface area contributed by atoms with Crippen molar-refractivity contribution in [3.8, 4) is 0 Å². The van der Waals surface area contributed by atoms with Gasteiger partial charge >= 0.3 is 0 Å². The van der Waals surface area contributed by atoms with Gasteiger partial charge in [-0.3, -0.25) is 14.3 Å². The summed E-state index contributed by atoms with van der Waals surface area (Å²) in [5.41, 5.74) is 1.59. The number of aryl methyl sites for hydroxylation is 1. The van der Waals surface area contributed by atoms with Crippen LogP contribution in [0.1, 0.15) is 11.1 Å². The number of nitro groups is 1. The molecule has 0 unspecified atom stereocenters. The minimum Gasteiger partial charge on any atom is -0.258 e. The topological polar surface area (TPSA) is 60.2 Å². The molecule has 5 radical (unpaired) electrons. The first-order chi connectivity index (χ1) is 11.1. The highest BCUT2D eigenvalue weighted by molar-refractivity contribution is 7.88. The fourth-order valence-electron chi connectivity index (χ4n) is 2.44. The average molecular weight is 324 g/mol. The predicted octanol–water partition coefficient (Wildman–Crippen LogP) is 3.79. The van der Waals surface area contributed by atoms with Gasteiger partial charge in [-0.25, -0.2) is 0 Å². The van der Waals surface area contributed by atoms with Crippen molar-refractivity contribution in [3.05, 3.63) is 100 Å². The number of hydrogen-bond acceptors (Lipinski definition) is 3. The second-order valence-electron chi connectivity index (χ2n) is 5.16. The van der Waals surface area contributed by atoms with E-state index < -0.39 is 15.7 Å². The molecule has 0 aromatic heterocycles. The van der Waals surface area contributed by atoms with Gasteiger partial charge in [0, 0.05) is 22.4 Å². The maximum atomic E-state index is 12.8. The van der Waals surface area contributed by atoms with Gasteiger partial charge in [0.15, 0.2) is 0 Å². The van der Waals surface area contributed by atoms with Crippen LogP contribution in [-0.2, 0) is 10.8 Å². The van der Waals surface area contributed by atoms with Crippen molar-refractivity contribution in [1.29, 1.82) is 0 Å². The second-order valence-corrected chi connectivity index (χ2v) is 6.61. The number of nitrogens with zero attached hydrogens (tertiary/aromatic N) is 1. The Morgan fingerprint density at radius 3 is 2.39 bits per heavy atom. The fraction of sp³-hybridized carbons (Fsp3) is 0.0556. The highest BCUT2D eigenvalue weighted by Gasteiger charge is 2.38. The molecule has 4 nitrogen and oxygen atoms in total. The largest absolute Gasteiger partial charge is 0.273 e. The summed E-state index contributed by atoms with van der Waals surface area (Å²) in [6.07, 6.45) is 5.29. The number of rotatable bonds is 4. The molecule has 0 spiro atoms. The summed E-state index contributed by atoms with van der Waals surface area (Å²) < 4.78 is 12.8. The minimum atomic E-state index is -1.38. The Bertz CT molecular complexity index is 742. The van der Waals surface area contributed by atoms with Crippen LogP contribution < -0.4 is 0 Å². The van der Waals surface area contributed by atoms with Crippen molar-refractivity contribution in [2.45, 2.75) is 11.8 Å². The van der Waals surface area contributed by atoms with Crippen LogP contribution >= 0.6 is 0 Å². The molecule has 1 atom stereocenters. The number of hydrogen-bond donors (Lipinski definition) is 0. The molecular formula is C18H14NO3S. The molecule has 0 aliphatic heterocycles. The van der Waals surface area contributed by atoms with Crippen LogP contribution in [0.3, 0.4) is 0 Å². The van der Waals surface area contributed by atoms with Crippen molar-refractivity contribution in [2.75, 3.05) is 0 Å². The molecule has 23 heavy (non-hydrogen) atoms. The molecule has 5 heteroatoms. The first-order valence-corrected chi connectivity index (χ1v) is 8.21. The first-order valence-electron chi connectivity index (χ1n) is 7.06. The van der Waals surface area contributed by atoms with E-state index >= 15 is 0 Å². The number of benzene rings is 2. The third-order valence-electron chi connectivity index (χ3n) is 3.60.